The minimum absolute atomic E-state index is 0.228. The Kier molecular flexibility index (Phi) is 5.44. The number of nitrogens with zero attached hydrogens (tertiary/aromatic N) is 5. The van der Waals surface area contributed by atoms with Crippen LogP contribution in [0.25, 0.3) is 16.7 Å². The van der Waals surface area contributed by atoms with Gasteiger partial charge in [-0.05, 0) is 47.9 Å². The van der Waals surface area contributed by atoms with Crippen LogP contribution in [0.1, 0.15) is 32.9 Å². The normalized spacial score (nSPS) is 11.1. The number of benzene rings is 3. The van der Waals surface area contributed by atoms with Crippen molar-refractivity contribution >= 4 is 16.9 Å². The number of hydrogen-bond acceptors (Lipinski definition) is 4. The molecule has 0 bridgehead atoms. The minimum atomic E-state index is -0.228. The van der Waals surface area contributed by atoms with E-state index in [0.717, 1.165) is 33.5 Å². The van der Waals surface area contributed by atoms with Gasteiger partial charge in [-0.15, -0.1) is 5.10 Å². The highest BCUT2D eigenvalue weighted by Crippen LogP contribution is 2.20. The lowest BCUT2D eigenvalue weighted by molar-refractivity contribution is 0.0945. The summed E-state index contributed by atoms with van der Waals surface area (Å²) in [5.74, 6) is -0.228. The van der Waals surface area contributed by atoms with Gasteiger partial charge in [0.2, 0.25) is 0 Å². The molecule has 0 aliphatic rings. The van der Waals surface area contributed by atoms with Crippen LogP contribution < -0.4 is 5.32 Å². The fourth-order valence-corrected chi connectivity index (χ4v) is 3.91. The largest absolute Gasteiger partial charge is 0.347 e. The van der Waals surface area contributed by atoms with Crippen molar-refractivity contribution in [1.29, 1.82) is 0 Å². The smallest absolute Gasteiger partial charge is 0.274 e. The summed E-state index contributed by atoms with van der Waals surface area (Å²) in [5, 5.41) is 11.1. The van der Waals surface area contributed by atoms with E-state index in [1.807, 2.05) is 68.0 Å². The molecule has 2 aromatic heterocycles. The summed E-state index contributed by atoms with van der Waals surface area (Å²) in [7, 11) is 1.81. The van der Waals surface area contributed by atoms with E-state index in [0.29, 0.717) is 18.7 Å². The summed E-state index contributed by atoms with van der Waals surface area (Å²) in [5.41, 5.74) is 7.51. The van der Waals surface area contributed by atoms with Crippen molar-refractivity contribution in [3.63, 3.8) is 0 Å². The Bertz CT molecular complexity index is 1420. The fraction of sp³-hybridized carbons (Fsp3) is 0.154. The third-order valence-corrected chi connectivity index (χ3v) is 5.74. The Labute approximate surface area is 191 Å². The number of imidazole rings is 1. The van der Waals surface area contributed by atoms with Crippen LogP contribution in [0.15, 0.2) is 79.1 Å². The molecular weight excluding hydrogens is 412 g/mol. The number of carbonyl (C=O) groups excluding carboxylic acids is 1. The quantitative estimate of drug-likeness (QED) is 0.437. The van der Waals surface area contributed by atoms with Gasteiger partial charge < -0.3 is 5.32 Å². The van der Waals surface area contributed by atoms with Crippen LogP contribution in [0, 0.1) is 6.92 Å². The molecule has 0 saturated carbocycles. The number of hydrogen-bond donors (Lipinski definition) is 1. The second kappa shape index (κ2) is 8.70. The molecule has 0 saturated heterocycles. The Balaban J connectivity index is 1.28. The van der Waals surface area contributed by atoms with E-state index in [-0.39, 0.29) is 5.91 Å². The van der Waals surface area contributed by atoms with Crippen molar-refractivity contribution < 1.29 is 4.79 Å². The number of aryl methyl sites for hydroxylation is 2. The van der Waals surface area contributed by atoms with Crippen LogP contribution >= 0.6 is 0 Å². The van der Waals surface area contributed by atoms with E-state index >= 15 is 0 Å². The molecule has 2 heterocycles. The van der Waals surface area contributed by atoms with Crippen molar-refractivity contribution in [2.75, 3.05) is 0 Å². The standard InChI is InChI=1S/C26H24N6O/c1-18-8-13-23-22(14-18)28-17-32(23)21-11-9-20(10-12-21)16-27-26(33)25-24(31(2)30-29-25)15-19-6-4-3-5-7-19/h3-14,17H,15-16H2,1-2H3,(H,27,33). The molecular formula is C26H24N6O. The first-order valence-corrected chi connectivity index (χ1v) is 10.8. The highest BCUT2D eigenvalue weighted by atomic mass is 16.2. The molecule has 0 fully saturated rings. The average Bonchev–Trinajstić information content (AvgIpc) is 3.42. The maximum absolute atomic E-state index is 12.8. The maximum atomic E-state index is 12.8. The molecule has 0 aliphatic carbocycles. The first-order valence-electron chi connectivity index (χ1n) is 10.8. The maximum Gasteiger partial charge on any atom is 0.274 e. The summed E-state index contributed by atoms with van der Waals surface area (Å²) < 4.78 is 3.72. The third-order valence-electron chi connectivity index (χ3n) is 5.74. The molecule has 0 aliphatic heterocycles. The number of amides is 1. The van der Waals surface area contributed by atoms with E-state index in [1.54, 1.807) is 4.68 Å². The first kappa shape index (κ1) is 20.6. The third kappa shape index (κ3) is 4.25. The van der Waals surface area contributed by atoms with Gasteiger partial charge in [0.1, 0.15) is 6.33 Å². The Hall–Kier alpha value is -4.26. The second-order valence-corrected chi connectivity index (χ2v) is 8.13. The average molecular weight is 437 g/mol. The molecule has 5 rings (SSSR count). The number of fused-ring (bicyclic) bond motifs is 1. The molecule has 5 aromatic rings. The number of aromatic nitrogens is 5. The van der Waals surface area contributed by atoms with Gasteiger partial charge in [-0.1, -0.05) is 53.7 Å². The Morgan fingerprint density at radius 3 is 2.55 bits per heavy atom. The molecule has 1 amide bonds. The SMILES string of the molecule is Cc1ccc2c(c1)ncn2-c1ccc(CNC(=O)c2nnn(C)c2Cc2ccccc2)cc1. The van der Waals surface area contributed by atoms with Gasteiger partial charge in [0, 0.05) is 25.7 Å². The van der Waals surface area contributed by atoms with Gasteiger partial charge in [-0.2, -0.15) is 0 Å². The molecule has 1 N–H and O–H groups in total. The highest BCUT2D eigenvalue weighted by molar-refractivity contribution is 5.93. The number of nitrogens with one attached hydrogen (secondary N) is 1. The van der Waals surface area contributed by atoms with Crippen molar-refractivity contribution in [2.24, 2.45) is 7.05 Å². The minimum Gasteiger partial charge on any atom is -0.347 e. The molecule has 3 aromatic carbocycles. The zero-order valence-corrected chi connectivity index (χ0v) is 18.6. The summed E-state index contributed by atoms with van der Waals surface area (Å²) in [6, 6.07) is 24.3. The van der Waals surface area contributed by atoms with Crippen molar-refractivity contribution in [3.05, 3.63) is 107 Å². The highest BCUT2D eigenvalue weighted by Gasteiger charge is 2.18. The van der Waals surface area contributed by atoms with Gasteiger partial charge in [0.25, 0.3) is 5.91 Å². The van der Waals surface area contributed by atoms with Crippen LogP contribution in [0.3, 0.4) is 0 Å². The van der Waals surface area contributed by atoms with Crippen molar-refractivity contribution in [1.82, 2.24) is 29.9 Å². The summed E-state index contributed by atoms with van der Waals surface area (Å²) >= 11 is 0. The van der Waals surface area contributed by atoms with Gasteiger partial charge in [-0.3, -0.25) is 14.0 Å². The molecule has 7 nitrogen and oxygen atoms in total. The summed E-state index contributed by atoms with van der Waals surface area (Å²) in [6.07, 6.45) is 2.43. The first-order chi connectivity index (χ1) is 16.1. The summed E-state index contributed by atoms with van der Waals surface area (Å²) in [6.45, 7) is 2.47. The lowest BCUT2D eigenvalue weighted by Crippen LogP contribution is -2.24. The number of rotatable bonds is 6. The van der Waals surface area contributed by atoms with Gasteiger partial charge >= 0.3 is 0 Å². The van der Waals surface area contributed by atoms with Crippen molar-refractivity contribution in [2.45, 2.75) is 19.9 Å². The lowest BCUT2D eigenvalue weighted by atomic mass is 10.1. The zero-order chi connectivity index (χ0) is 22.8. The van der Waals surface area contributed by atoms with E-state index in [2.05, 4.69) is 50.3 Å². The monoisotopic (exact) mass is 436 g/mol. The Morgan fingerprint density at radius 1 is 0.970 bits per heavy atom. The Morgan fingerprint density at radius 2 is 1.76 bits per heavy atom. The van der Waals surface area contributed by atoms with Crippen LogP contribution in [-0.4, -0.2) is 30.5 Å². The molecule has 33 heavy (non-hydrogen) atoms. The molecule has 7 heteroatoms. The molecule has 0 unspecified atom stereocenters. The molecule has 164 valence electrons. The topological polar surface area (TPSA) is 77.6 Å². The van der Waals surface area contributed by atoms with Gasteiger partial charge in [-0.25, -0.2) is 4.98 Å². The fourth-order valence-electron chi connectivity index (χ4n) is 3.91. The van der Waals surface area contributed by atoms with Crippen molar-refractivity contribution in [3.8, 4) is 5.69 Å². The van der Waals surface area contributed by atoms with Crippen LogP contribution in [0.5, 0.6) is 0 Å². The predicted octanol–water partition coefficient (Wildman–Crippen LogP) is 3.98. The van der Waals surface area contributed by atoms with E-state index in [4.69, 9.17) is 0 Å². The second-order valence-electron chi connectivity index (χ2n) is 8.13. The molecule has 0 radical (unpaired) electrons. The van der Waals surface area contributed by atoms with Gasteiger partial charge in [0.15, 0.2) is 5.69 Å². The van der Waals surface area contributed by atoms with E-state index in [1.165, 1.54) is 5.56 Å². The lowest BCUT2D eigenvalue weighted by Gasteiger charge is -2.08. The zero-order valence-electron chi connectivity index (χ0n) is 18.6. The van der Waals surface area contributed by atoms with Crippen LogP contribution in [-0.2, 0) is 20.0 Å². The summed E-state index contributed by atoms with van der Waals surface area (Å²) in [4.78, 5) is 17.3. The van der Waals surface area contributed by atoms with Crippen LogP contribution in [0.4, 0.5) is 0 Å². The number of carbonyl (C=O) groups is 1. The molecule has 0 spiro atoms. The van der Waals surface area contributed by atoms with E-state index < -0.39 is 0 Å². The van der Waals surface area contributed by atoms with Crippen LogP contribution in [0.2, 0.25) is 0 Å². The molecule has 0 atom stereocenters. The van der Waals surface area contributed by atoms with Gasteiger partial charge in [0.05, 0.1) is 16.7 Å². The van der Waals surface area contributed by atoms with E-state index in [9.17, 15) is 4.79 Å². The predicted molar refractivity (Wildman–Crippen MR) is 127 cm³/mol.